The van der Waals surface area contributed by atoms with Crippen LogP contribution in [0.15, 0.2) is 18.2 Å². The van der Waals surface area contributed by atoms with Crippen LogP contribution in [0.1, 0.15) is 22.8 Å². The van der Waals surface area contributed by atoms with E-state index in [1.165, 1.54) is 0 Å². The van der Waals surface area contributed by atoms with E-state index >= 15 is 0 Å². The Kier molecular flexibility index (Phi) is 4.69. The van der Waals surface area contributed by atoms with E-state index in [1.807, 2.05) is 32.0 Å². The van der Waals surface area contributed by atoms with E-state index in [1.54, 1.807) is 18.9 Å². The van der Waals surface area contributed by atoms with Crippen molar-refractivity contribution in [1.82, 2.24) is 0 Å². The van der Waals surface area contributed by atoms with Crippen LogP contribution in [0.25, 0.3) is 0 Å². The second-order valence-electron chi connectivity index (χ2n) is 3.26. The van der Waals surface area contributed by atoms with Crippen molar-refractivity contribution in [2.24, 2.45) is 0 Å². The van der Waals surface area contributed by atoms with Gasteiger partial charge in [-0.2, -0.15) is 11.8 Å². The van der Waals surface area contributed by atoms with Gasteiger partial charge in [-0.05, 0) is 30.4 Å². The van der Waals surface area contributed by atoms with Crippen LogP contribution in [-0.2, 0) is 0 Å². The molecular weight excluding hydrogens is 208 g/mol. The molecule has 0 bridgehead atoms. The van der Waals surface area contributed by atoms with E-state index in [9.17, 15) is 4.79 Å². The number of methoxy groups -OCH3 is 1. The summed E-state index contributed by atoms with van der Waals surface area (Å²) in [6.07, 6.45) is 0. The number of carbonyl (C=O) groups excluding carboxylic acids is 1. The molecule has 0 aromatic heterocycles. The van der Waals surface area contributed by atoms with Crippen LogP contribution in [0.2, 0.25) is 0 Å². The predicted molar refractivity (Wildman–Crippen MR) is 65.1 cm³/mol. The molecule has 1 aromatic rings. The largest absolute Gasteiger partial charge is 0.496 e. The molecule has 0 saturated carbocycles. The van der Waals surface area contributed by atoms with Gasteiger partial charge in [-0.1, -0.05) is 13.0 Å². The van der Waals surface area contributed by atoms with Gasteiger partial charge >= 0.3 is 0 Å². The zero-order valence-corrected chi connectivity index (χ0v) is 10.2. The molecule has 0 aliphatic heterocycles. The minimum absolute atomic E-state index is 0.138. The first-order chi connectivity index (χ1) is 7.19. The number of rotatable bonds is 5. The van der Waals surface area contributed by atoms with Crippen molar-refractivity contribution in [3.8, 4) is 5.75 Å². The SMILES string of the molecule is CCSCC(=O)c1ccc(C)cc1OC. The summed E-state index contributed by atoms with van der Waals surface area (Å²) in [6.45, 7) is 4.03. The summed E-state index contributed by atoms with van der Waals surface area (Å²) in [7, 11) is 1.60. The third kappa shape index (κ3) is 3.27. The number of benzene rings is 1. The van der Waals surface area contributed by atoms with E-state index in [0.717, 1.165) is 11.3 Å². The molecule has 15 heavy (non-hydrogen) atoms. The molecular formula is C12H16O2S. The smallest absolute Gasteiger partial charge is 0.176 e. The van der Waals surface area contributed by atoms with E-state index < -0.39 is 0 Å². The summed E-state index contributed by atoms with van der Waals surface area (Å²) in [4.78, 5) is 11.8. The number of hydrogen-bond acceptors (Lipinski definition) is 3. The Morgan fingerprint density at radius 3 is 2.80 bits per heavy atom. The number of aryl methyl sites for hydroxylation is 1. The molecule has 0 atom stereocenters. The first-order valence-corrected chi connectivity index (χ1v) is 6.10. The van der Waals surface area contributed by atoms with E-state index in [-0.39, 0.29) is 5.78 Å². The molecule has 0 fully saturated rings. The molecule has 0 aliphatic rings. The van der Waals surface area contributed by atoms with Crippen LogP contribution in [0.4, 0.5) is 0 Å². The molecule has 3 heteroatoms. The van der Waals surface area contributed by atoms with Crippen LogP contribution in [0.3, 0.4) is 0 Å². The second kappa shape index (κ2) is 5.81. The van der Waals surface area contributed by atoms with Crippen molar-refractivity contribution in [1.29, 1.82) is 0 Å². The fraction of sp³-hybridized carbons (Fsp3) is 0.417. The van der Waals surface area contributed by atoms with Gasteiger partial charge in [0.25, 0.3) is 0 Å². The van der Waals surface area contributed by atoms with Crippen LogP contribution in [0, 0.1) is 6.92 Å². The third-order valence-corrected chi connectivity index (χ3v) is 2.97. The van der Waals surface area contributed by atoms with Gasteiger partial charge < -0.3 is 4.74 Å². The summed E-state index contributed by atoms with van der Waals surface area (Å²) < 4.78 is 5.20. The number of carbonyl (C=O) groups is 1. The monoisotopic (exact) mass is 224 g/mol. The zero-order valence-electron chi connectivity index (χ0n) is 9.37. The van der Waals surface area contributed by atoms with Crippen molar-refractivity contribution >= 4 is 17.5 Å². The number of Topliss-reactive ketones (excluding diaryl/α,β-unsaturated/α-hetero) is 1. The number of ketones is 1. The molecule has 0 N–H and O–H groups in total. The highest BCUT2D eigenvalue weighted by molar-refractivity contribution is 7.99. The standard InChI is InChI=1S/C12H16O2S/c1-4-15-8-11(13)10-6-5-9(2)7-12(10)14-3/h5-7H,4,8H2,1-3H3. The Morgan fingerprint density at radius 1 is 1.47 bits per heavy atom. The summed E-state index contributed by atoms with van der Waals surface area (Å²) >= 11 is 1.63. The molecule has 0 radical (unpaired) electrons. The van der Waals surface area contributed by atoms with Crippen LogP contribution < -0.4 is 4.74 Å². The predicted octanol–water partition coefficient (Wildman–Crippen LogP) is 2.94. The molecule has 1 rings (SSSR count). The van der Waals surface area contributed by atoms with E-state index in [0.29, 0.717) is 17.1 Å². The lowest BCUT2D eigenvalue weighted by molar-refractivity contribution is 0.101. The fourth-order valence-corrected chi connectivity index (χ4v) is 1.85. The Balaban J connectivity index is 2.87. The fourth-order valence-electron chi connectivity index (χ4n) is 1.30. The molecule has 0 aliphatic carbocycles. The molecule has 0 amide bonds. The summed E-state index contributed by atoms with van der Waals surface area (Å²) in [6, 6.07) is 5.67. The van der Waals surface area contributed by atoms with Gasteiger partial charge in [-0.3, -0.25) is 4.79 Å². The maximum atomic E-state index is 11.8. The summed E-state index contributed by atoms with van der Waals surface area (Å²) in [5.74, 6) is 2.30. The van der Waals surface area contributed by atoms with Crippen LogP contribution in [0.5, 0.6) is 5.75 Å². The minimum atomic E-state index is 0.138. The minimum Gasteiger partial charge on any atom is -0.496 e. The number of ether oxygens (including phenoxy) is 1. The van der Waals surface area contributed by atoms with E-state index in [4.69, 9.17) is 4.74 Å². The first kappa shape index (κ1) is 12.1. The highest BCUT2D eigenvalue weighted by Crippen LogP contribution is 2.21. The van der Waals surface area contributed by atoms with Gasteiger partial charge in [-0.15, -0.1) is 0 Å². The lowest BCUT2D eigenvalue weighted by atomic mass is 10.1. The maximum Gasteiger partial charge on any atom is 0.176 e. The van der Waals surface area contributed by atoms with Crippen LogP contribution in [-0.4, -0.2) is 24.4 Å². The van der Waals surface area contributed by atoms with Crippen molar-refractivity contribution < 1.29 is 9.53 Å². The summed E-state index contributed by atoms with van der Waals surface area (Å²) in [5.41, 5.74) is 1.79. The molecule has 82 valence electrons. The van der Waals surface area contributed by atoms with Crippen molar-refractivity contribution in [2.45, 2.75) is 13.8 Å². The highest BCUT2D eigenvalue weighted by Gasteiger charge is 2.11. The van der Waals surface area contributed by atoms with Gasteiger partial charge in [0.2, 0.25) is 0 Å². The number of hydrogen-bond donors (Lipinski definition) is 0. The van der Waals surface area contributed by atoms with Crippen molar-refractivity contribution in [2.75, 3.05) is 18.6 Å². The normalized spacial score (nSPS) is 10.1. The van der Waals surface area contributed by atoms with Gasteiger partial charge in [-0.25, -0.2) is 0 Å². The topological polar surface area (TPSA) is 26.3 Å². The third-order valence-electron chi connectivity index (χ3n) is 2.09. The van der Waals surface area contributed by atoms with Gasteiger partial charge in [0.05, 0.1) is 18.4 Å². The lowest BCUT2D eigenvalue weighted by Crippen LogP contribution is -2.05. The lowest BCUT2D eigenvalue weighted by Gasteiger charge is -2.07. The van der Waals surface area contributed by atoms with E-state index in [2.05, 4.69) is 0 Å². The molecule has 0 unspecified atom stereocenters. The number of thioether (sulfide) groups is 1. The molecule has 1 aromatic carbocycles. The Labute approximate surface area is 95.0 Å². The van der Waals surface area contributed by atoms with Gasteiger partial charge in [0, 0.05) is 0 Å². The molecule has 0 spiro atoms. The van der Waals surface area contributed by atoms with Crippen LogP contribution >= 0.6 is 11.8 Å². The Hall–Kier alpha value is -0.960. The van der Waals surface area contributed by atoms with Crippen molar-refractivity contribution in [3.63, 3.8) is 0 Å². The first-order valence-electron chi connectivity index (χ1n) is 4.94. The van der Waals surface area contributed by atoms with Gasteiger partial charge in [0.1, 0.15) is 5.75 Å². The molecule has 2 nitrogen and oxygen atoms in total. The average molecular weight is 224 g/mol. The van der Waals surface area contributed by atoms with Crippen molar-refractivity contribution in [3.05, 3.63) is 29.3 Å². The highest BCUT2D eigenvalue weighted by atomic mass is 32.2. The Bertz CT molecular complexity index is 347. The molecule has 0 saturated heterocycles. The second-order valence-corrected chi connectivity index (χ2v) is 4.54. The quantitative estimate of drug-likeness (QED) is 0.719. The summed E-state index contributed by atoms with van der Waals surface area (Å²) in [5, 5.41) is 0. The zero-order chi connectivity index (χ0) is 11.3. The maximum absolute atomic E-state index is 11.8. The average Bonchev–Trinajstić information content (AvgIpc) is 2.25. The Morgan fingerprint density at radius 2 is 2.20 bits per heavy atom. The molecule has 0 heterocycles. The van der Waals surface area contributed by atoms with Gasteiger partial charge in [0.15, 0.2) is 5.78 Å².